The highest BCUT2D eigenvalue weighted by Gasteiger charge is 2.09. The Morgan fingerprint density at radius 1 is 1.60 bits per heavy atom. The maximum absolute atomic E-state index is 12.9. The van der Waals surface area contributed by atoms with E-state index < -0.39 is 5.82 Å². The lowest BCUT2D eigenvalue weighted by Crippen LogP contribution is -2.08. The zero-order chi connectivity index (χ0) is 11.4. The van der Waals surface area contributed by atoms with Crippen molar-refractivity contribution in [3.05, 3.63) is 39.6 Å². The first-order valence-electron chi connectivity index (χ1n) is 4.13. The van der Waals surface area contributed by atoms with Crippen LogP contribution in [0.5, 0.6) is 0 Å². The molecule has 0 aliphatic heterocycles. The maximum atomic E-state index is 12.9. The predicted molar refractivity (Wildman–Crippen MR) is 62.6 cm³/mol. The highest BCUT2D eigenvalue weighted by atomic mass is 79.9. The molecule has 0 aliphatic carbocycles. The van der Waals surface area contributed by atoms with Gasteiger partial charge in [-0.25, -0.2) is 4.39 Å². The first-order chi connectivity index (χ1) is 7.04. The molecule has 0 bridgehead atoms. The van der Waals surface area contributed by atoms with Gasteiger partial charge in [0.25, 0.3) is 0 Å². The number of halogens is 3. The second-order valence-electron chi connectivity index (χ2n) is 2.73. The highest BCUT2D eigenvalue weighted by molar-refractivity contribution is 9.10. The minimum Gasteiger partial charge on any atom is -0.320 e. The van der Waals surface area contributed by atoms with Crippen LogP contribution < -0.4 is 5.32 Å². The molecule has 0 saturated carbocycles. The van der Waals surface area contributed by atoms with Gasteiger partial charge in [-0.15, -0.1) is 0 Å². The Balaban J connectivity index is 3.00. The minimum absolute atomic E-state index is 0.153. The summed E-state index contributed by atoms with van der Waals surface area (Å²) in [6, 6.07) is 2.37. The molecule has 0 saturated heterocycles. The first kappa shape index (κ1) is 12.2. The highest BCUT2D eigenvalue weighted by Crippen LogP contribution is 2.31. The van der Waals surface area contributed by atoms with Gasteiger partial charge in [-0.3, -0.25) is 4.79 Å². The molecule has 80 valence electrons. The van der Waals surface area contributed by atoms with E-state index in [1.165, 1.54) is 12.1 Å². The van der Waals surface area contributed by atoms with Gasteiger partial charge in [0.1, 0.15) is 5.82 Å². The van der Waals surface area contributed by atoms with Gasteiger partial charge in [0.2, 0.25) is 5.91 Å². The molecular formula is C10H8BrClFNO. The van der Waals surface area contributed by atoms with Crippen LogP contribution in [0.15, 0.2) is 28.8 Å². The third kappa shape index (κ3) is 3.32. The summed E-state index contributed by atoms with van der Waals surface area (Å²) < 4.78 is 13.3. The smallest absolute Gasteiger partial charge is 0.248 e. The lowest BCUT2D eigenvalue weighted by Gasteiger charge is -2.07. The minimum atomic E-state index is -0.462. The Morgan fingerprint density at radius 2 is 2.27 bits per heavy atom. The summed E-state index contributed by atoms with van der Waals surface area (Å²) in [4.78, 5) is 11.2. The standard InChI is InChI=1S/C10H8BrClFNO/c1-2-3-9(15)14-10-7(11)4-6(13)5-8(10)12/h2-5H,1H3,(H,14,15)/b3-2+. The van der Waals surface area contributed by atoms with Gasteiger partial charge in [-0.2, -0.15) is 0 Å². The van der Waals surface area contributed by atoms with E-state index in [0.717, 1.165) is 6.07 Å². The van der Waals surface area contributed by atoms with Crippen LogP contribution in [0.25, 0.3) is 0 Å². The molecule has 1 amide bonds. The Bertz CT molecular complexity index is 397. The summed E-state index contributed by atoms with van der Waals surface area (Å²) in [6.07, 6.45) is 2.95. The van der Waals surface area contributed by atoms with Crippen molar-refractivity contribution >= 4 is 39.1 Å². The number of hydrogen-bond donors (Lipinski definition) is 1. The quantitative estimate of drug-likeness (QED) is 0.826. The van der Waals surface area contributed by atoms with Crippen molar-refractivity contribution in [3.63, 3.8) is 0 Å². The largest absolute Gasteiger partial charge is 0.320 e. The normalized spacial score (nSPS) is 10.7. The fourth-order valence-corrected chi connectivity index (χ4v) is 1.88. The molecule has 0 unspecified atom stereocenters. The number of anilines is 1. The van der Waals surface area contributed by atoms with Gasteiger partial charge >= 0.3 is 0 Å². The van der Waals surface area contributed by atoms with Gasteiger partial charge in [-0.05, 0) is 41.1 Å². The molecule has 0 radical (unpaired) electrons. The van der Waals surface area contributed by atoms with E-state index >= 15 is 0 Å². The van der Waals surface area contributed by atoms with Crippen LogP contribution in [0.4, 0.5) is 10.1 Å². The van der Waals surface area contributed by atoms with Gasteiger partial charge in [0.05, 0.1) is 10.7 Å². The summed E-state index contributed by atoms with van der Waals surface area (Å²) >= 11 is 8.88. The monoisotopic (exact) mass is 291 g/mol. The van der Waals surface area contributed by atoms with Crippen molar-refractivity contribution in [2.45, 2.75) is 6.92 Å². The van der Waals surface area contributed by atoms with Crippen molar-refractivity contribution < 1.29 is 9.18 Å². The summed E-state index contributed by atoms with van der Waals surface area (Å²) in [7, 11) is 0. The topological polar surface area (TPSA) is 29.1 Å². The molecule has 5 heteroatoms. The van der Waals surface area contributed by atoms with Gasteiger partial charge in [0, 0.05) is 4.47 Å². The van der Waals surface area contributed by atoms with Gasteiger partial charge in [-0.1, -0.05) is 17.7 Å². The van der Waals surface area contributed by atoms with Crippen LogP contribution in [0.2, 0.25) is 5.02 Å². The molecule has 0 fully saturated rings. The van der Waals surface area contributed by atoms with E-state index in [4.69, 9.17) is 11.6 Å². The summed E-state index contributed by atoms with van der Waals surface area (Å²) in [6.45, 7) is 1.72. The van der Waals surface area contributed by atoms with Crippen molar-refractivity contribution in [2.75, 3.05) is 5.32 Å². The summed E-state index contributed by atoms with van der Waals surface area (Å²) in [5.74, 6) is -0.775. The van der Waals surface area contributed by atoms with E-state index in [9.17, 15) is 9.18 Å². The van der Waals surface area contributed by atoms with Crippen molar-refractivity contribution in [2.24, 2.45) is 0 Å². The maximum Gasteiger partial charge on any atom is 0.248 e. The van der Waals surface area contributed by atoms with Gasteiger partial charge < -0.3 is 5.32 Å². The molecule has 0 spiro atoms. The molecular weight excluding hydrogens is 284 g/mol. The van der Waals surface area contributed by atoms with Crippen LogP contribution in [0, 0.1) is 5.82 Å². The number of hydrogen-bond acceptors (Lipinski definition) is 1. The van der Waals surface area contributed by atoms with Crippen LogP contribution in [0.1, 0.15) is 6.92 Å². The average Bonchev–Trinajstić information content (AvgIpc) is 2.11. The SMILES string of the molecule is C/C=C/C(=O)Nc1c(Cl)cc(F)cc1Br. The Kier molecular flexibility index (Phi) is 4.29. The molecule has 1 rings (SSSR count). The van der Waals surface area contributed by atoms with Crippen molar-refractivity contribution in [3.8, 4) is 0 Å². The molecule has 2 nitrogen and oxygen atoms in total. The number of allylic oxidation sites excluding steroid dienone is 1. The zero-order valence-corrected chi connectivity index (χ0v) is 10.2. The third-order valence-corrected chi connectivity index (χ3v) is 2.50. The summed E-state index contributed by atoms with van der Waals surface area (Å²) in [5.41, 5.74) is 0.362. The second-order valence-corrected chi connectivity index (χ2v) is 4.00. The number of rotatable bonds is 2. The lowest BCUT2D eigenvalue weighted by molar-refractivity contribution is -0.111. The number of nitrogens with one attached hydrogen (secondary N) is 1. The lowest BCUT2D eigenvalue weighted by atomic mass is 10.3. The second kappa shape index (κ2) is 5.28. The molecule has 0 atom stereocenters. The van der Waals surface area contributed by atoms with E-state index in [2.05, 4.69) is 21.2 Å². The number of benzene rings is 1. The van der Waals surface area contributed by atoms with Crippen LogP contribution >= 0.6 is 27.5 Å². The van der Waals surface area contributed by atoms with Crippen molar-refractivity contribution in [1.82, 2.24) is 0 Å². The fraction of sp³-hybridized carbons (Fsp3) is 0.100. The molecule has 1 aromatic carbocycles. The van der Waals surface area contributed by atoms with E-state index in [1.54, 1.807) is 13.0 Å². The number of carbonyl (C=O) groups is 1. The molecule has 1 N–H and O–H groups in total. The molecule has 0 aromatic heterocycles. The molecule has 0 heterocycles. The third-order valence-electron chi connectivity index (χ3n) is 1.57. The fourth-order valence-electron chi connectivity index (χ4n) is 0.978. The zero-order valence-electron chi connectivity index (χ0n) is 7.85. The van der Waals surface area contributed by atoms with Crippen LogP contribution in [0.3, 0.4) is 0 Å². The molecule has 15 heavy (non-hydrogen) atoms. The Hall–Kier alpha value is -0.870. The predicted octanol–water partition coefficient (Wildman–Crippen LogP) is 3.76. The Morgan fingerprint density at radius 3 is 2.80 bits per heavy atom. The van der Waals surface area contributed by atoms with Crippen molar-refractivity contribution in [1.29, 1.82) is 0 Å². The molecule has 0 aliphatic rings. The number of carbonyl (C=O) groups excluding carboxylic acids is 1. The first-order valence-corrected chi connectivity index (χ1v) is 5.30. The number of amides is 1. The molecule has 1 aromatic rings. The average molecular weight is 293 g/mol. The summed E-state index contributed by atoms with van der Waals surface area (Å²) in [5, 5.41) is 2.69. The van der Waals surface area contributed by atoms with E-state index in [0.29, 0.717) is 10.2 Å². The van der Waals surface area contributed by atoms with E-state index in [-0.39, 0.29) is 10.9 Å². The Labute approximate surface area is 100 Å². The van der Waals surface area contributed by atoms with Crippen LogP contribution in [-0.4, -0.2) is 5.91 Å². The van der Waals surface area contributed by atoms with Crippen LogP contribution in [-0.2, 0) is 4.79 Å². The van der Waals surface area contributed by atoms with Gasteiger partial charge in [0.15, 0.2) is 0 Å². The van der Waals surface area contributed by atoms with E-state index in [1.807, 2.05) is 0 Å².